The Kier molecular flexibility index (Phi) is 4.05. The molecular formula is C20H20ClNO3. The summed E-state index contributed by atoms with van der Waals surface area (Å²) in [7, 11) is 0. The van der Waals surface area contributed by atoms with E-state index in [-0.39, 0.29) is 11.4 Å². The van der Waals surface area contributed by atoms with Crippen molar-refractivity contribution < 1.29 is 14.7 Å². The number of halogens is 1. The SMILES string of the molecule is O=C(O)C1=C2C=CCC3CCCCC23NC(c2ccc(Cl)cc2)C1=O. The minimum absolute atomic E-state index is 0.0541. The lowest BCUT2D eigenvalue weighted by Crippen LogP contribution is -2.61. The average molecular weight is 358 g/mol. The van der Waals surface area contributed by atoms with E-state index < -0.39 is 17.6 Å². The van der Waals surface area contributed by atoms with E-state index in [1.165, 1.54) is 0 Å². The van der Waals surface area contributed by atoms with Gasteiger partial charge in [0.15, 0.2) is 5.78 Å². The summed E-state index contributed by atoms with van der Waals surface area (Å²) in [6, 6.07) is 6.44. The first-order valence-corrected chi connectivity index (χ1v) is 9.13. The maximum Gasteiger partial charge on any atom is 0.339 e. The van der Waals surface area contributed by atoms with Crippen LogP contribution in [-0.2, 0) is 9.59 Å². The van der Waals surface area contributed by atoms with Crippen LogP contribution in [0.5, 0.6) is 0 Å². The fourth-order valence-corrected chi connectivity index (χ4v) is 4.83. The van der Waals surface area contributed by atoms with Crippen molar-refractivity contribution in [3.63, 3.8) is 0 Å². The topological polar surface area (TPSA) is 66.4 Å². The van der Waals surface area contributed by atoms with Gasteiger partial charge >= 0.3 is 5.97 Å². The lowest BCUT2D eigenvalue weighted by Gasteiger charge is -2.52. The quantitative estimate of drug-likeness (QED) is 0.789. The van der Waals surface area contributed by atoms with E-state index in [2.05, 4.69) is 5.32 Å². The molecule has 3 unspecified atom stereocenters. The normalized spacial score (nSPS) is 31.5. The Hall–Kier alpha value is -1.91. The van der Waals surface area contributed by atoms with Crippen molar-refractivity contribution >= 4 is 23.4 Å². The molecule has 0 amide bonds. The summed E-state index contributed by atoms with van der Waals surface area (Å²) >= 11 is 5.97. The molecule has 1 saturated carbocycles. The van der Waals surface area contributed by atoms with E-state index in [9.17, 15) is 14.7 Å². The number of carbonyl (C=O) groups excluding carboxylic acids is 1. The third-order valence-electron chi connectivity index (χ3n) is 5.85. The van der Waals surface area contributed by atoms with Crippen LogP contribution in [0.4, 0.5) is 0 Å². The first kappa shape index (κ1) is 16.6. The van der Waals surface area contributed by atoms with Crippen LogP contribution in [-0.4, -0.2) is 22.4 Å². The highest BCUT2D eigenvalue weighted by Crippen LogP contribution is 2.49. The van der Waals surface area contributed by atoms with Gasteiger partial charge in [0.25, 0.3) is 0 Å². The lowest BCUT2D eigenvalue weighted by molar-refractivity contribution is -0.135. The molecule has 1 heterocycles. The van der Waals surface area contributed by atoms with Gasteiger partial charge in [-0.25, -0.2) is 4.79 Å². The van der Waals surface area contributed by atoms with E-state index in [1.54, 1.807) is 24.3 Å². The number of rotatable bonds is 2. The molecule has 130 valence electrons. The number of hydrogen-bond donors (Lipinski definition) is 2. The van der Waals surface area contributed by atoms with Gasteiger partial charge in [0.2, 0.25) is 0 Å². The molecule has 1 aliphatic heterocycles. The minimum Gasteiger partial charge on any atom is -0.478 e. The van der Waals surface area contributed by atoms with Crippen molar-refractivity contribution in [3.05, 3.63) is 58.1 Å². The summed E-state index contributed by atoms with van der Waals surface area (Å²) in [6.45, 7) is 0. The van der Waals surface area contributed by atoms with Gasteiger partial charge in [-0.3, -0.25) is 10.1 Å². The number of benzene rings is 1. The molecule has 4 rings (SSSR count). The molecule has 0 aromatic heterocycles. The van der Waals surface area contributed by atoms with Crippen LogP contribution in [0.3, 0.4) is 0 Å². The fraction of sp³-hybridized carbons (Fsp3) is 0.400. The molecule has 5 heteroatoms. The number of carboxylic acid groups (broad SMARTS) is 1. The molecule has 0 radical (unpaired) electrons. The first-order chi connectivity index (χ1) is 12.0. The van der Waals surface area contributed by atoms with Gasteiger partial charge in [-0.1, -0.05) is 48.7 Å². The van der Waals surface area contributed by atoms with Gasteiger partial charge < -0.3 is 5.11 Å². The Labute approximate surface area is 151 Å². The summed E-state index contributed by atoms with van der Waals surface area (Å²) < 4.78 is 0. The Bertz CT molecular complexity index is 796. The van der Waals surface area contributed by atoms with Crippen LogP contribution in [0.25, 0.3) is 0 Å². The number of hydrogen-bond acceptors (Lipinski definition) is 3. The number of aliphatic carboxylic acids is 1. The van der Waals surface area contributed by atoms with Crippen molar-refractivity contribution in [3.8, 4) is 0 Å². The molecule has 3 atom stereocenters. The first-order valence-electron chi connectivity index (χ1n) is 8.75. The van der Waals surface area contributed by atoms with Crippen LogP contribution in [0, 0.1) is 5.92 Å². The second-order valence-electron chi connectivity index (χ2n) is 7.14. The summed E-state index contributed by atoms with van der Waals surface area (Å²) in [6.07, 6.45) is 8.90. The maximum atomic E-state index is 13.0. The van der Waals surface area contributed by atoms with Gasteiger partial charge in [-0.15, -0.1) is 0 Å². The molecule has 3 aliphatic rings. The van der Waals surface area contributed by atoms with Crippen LogP contribution < -0.4 is 5.32 Å². The Morgan fingerprint density at radius 2 is 2.00 bits per heavy atom. The zero-order valence-electron chi connectivity index (χ0n) is 13.8. The lowest BCUT2D eigenvalue weighted by atomic mass is 9.61. The summed E-state index contributed by atoms with van der Waals surface area (Å²) in [5.74, 6) is -1.17. The van der Waals surface area contributed by atoms with E-state index in [0.29, 0.717) is 16.5 Å². The van der Waals surface area contributed by atoms with E-state index >= 15 is 0 Å². The van der Waals surface area contributed by atoms with Gasteiger partial charge in [0.05, 0.1) is 6.04 Å². The third kappa shape index (κ3) is 2.55. The highest BCUT2D eigenvalue weighted by Gasteiger charge is 2.52. The van der Waals surface area contributed by atoms with Crippen LogP contribution >= 0.6 is 11.6 Å². The van der Waals surface area contributed by atoms with Crippen molar-refractivity contribution in [1.29, 1.82) is 0 Å². The van der Waals surface area contributed by atoms with Gasteiger partial charge in [-0.05, 0) is 48.4 Å². The number of carboxylic acids is 1. The number of nitrogens with one attached hydrogen (secondary N) is 1. The molecule has 0 bridgehead atoms. The van der Waals surface area contributed by atoms with Crippen LogP contribution in [0.2, 0.25) is 5.02 Å². The average Bonchev–Trinajstić information content (AvgIpc) is 2.60. The van der Waals surface area contributed by atoms with Crippen molar-refractivity contribution in [1.82, 2.24) is 5.32 Å². The number of carbonyl (C=O) groups is 2. The molecule has 1 aromatic carbocycles. The maximum absolute atomic E-state index is 13.0. The highest BCUT2D eigenvalue weighted by atomic mass is 35.5. The predicted molar refractivity (Wildman–Crippen MR) is 95.4 cm³/mol. The summed E-state index contributed by atoms with van der Waals surface area (Å²) in [5, 5.41) is 14.0. The van der Waals surface area contributed by atoms with Gasteiger partial charge in [-0.2, -0.15) is 0 Å². The van der Waals surface area contributed by atoms with Crippen LogP contribution in [0.15, 0.2) is 47.6 Å². The second kappa shape index (κ2) is 6.11. The molecule has 1 aromatic rings. The minimum atomic E-state index is -1.13. The number of ketones is 1. The predicted octanol–water partition coefficient (Wildman–Crippen LogP) is 3.82. The molecule has 2 N–H and O–H groups in total. The molecule has 1 fully saturated rings. The van der Waals surface area contributed by atoms with E-state index in [1.807, 2.05) is 12.2 Å². The van der Waals surface area contributed by atoms with Crippen LogP contribution in [0.1, 0.15) is 43.7 Å². The molecule has 4 nitrogen and oxygen atoms in total. The second-order valence-corrected chi connectivity index (χ2v) is 7.58. The zero-order valence-corrected chi connectivity index (χ0v) is 14.6. The molecule has 25 heavy (non-hydrogen) atoms. The van der Waals surface area contributed by atoms with Crippen molar-refractivity contribution in [2.24, 2.45) is 5.92 Å². The third-order valence-corrected chi connectivity index (χ3v) is 6.11. The Balaban J connectivity index is 1.88. The summed E-state index contributed by atoms with van der Waals surface area (Å²) in [5.41, 5.74) is 0.965. The summed E-state index contributed by atoms with van der Waals surface area (Å²) in [4.78, 5) is 25.0. The fourth-order valence-electron chi connectivity index (χ4n) is 4.70. The number of allylic oxidation sites excluding steroid dienone is 1. The monoisotopic (exact) mass is 357 g/mol. The molecular weight excluding hydrogens is 338 g/mol. The Morgan fingerprint density at radius 3 is 2.72 bits per heavy atom. The largest absolute Gasteiger partial charge is 0.478 e. The zero-order chi connectivity index (χ0) is 17.6. The van der Waals surface area contributed by atoms with Gasteiger partial charge in [0.1, 0.15) is 5.57 Å². The number of Topliss-reactive ketones (excluding diaryl/α,β-unsaturated/α-hetero) is 1. The van der Waals surface area contributed by atoms with E-state index in [4.69, 9.17) is 11.6 Å². The molecule has 1 spiro atoms. The standard InChI is InChI=1S/C20H20ClNO3/c21-14-9-7-12(8-10-14)17-18(23)16(19(24)25)15-6-3-5-13-4-1-2-11-20(13,15)22-17/h3,6-10,13,17,22H,1-2,4-5,11H2,(H,24,25). The van der Waals surface area contributed by atoms with Crippen molar-refractivity contribution in [2.75, 3.05) is 0 Å². The van der Waals surface area contributed by atoms with E-state index in [0.717, 1.165) is 37.7 Å². The molecule has 0 saturated heterocycles. The molecule has 2 aliphatic carbocycles. The van der Waals surface area contributed by atoms with Crippen molar-refractivity contribution in [2.45, 2.75) is 43.7 Å². The smallest absolute Gasteiger partial charge is 0.339 e. The Morgan fingerprint density at radius 1 is 1.24 bits per heavy atom. The van der Waals surface area contributed by atoms with Gasteiger partial charge in [0, 0.05) is 10.6 Å². The highest BCUT2D eigenvalue weighted by molar-refractivity contribution is 6.30.